The number of carbonyl (C=O) groups is 1. The molecular formula is C24H24FN5O2. The summed E-state index contributed by atoms with van der Waals surface area (Å²) in [4.78, 5) is 23.6. The number of methoxy groups -OCH3 is 1. The van der Waals surface area contributed by atoms with Crippen molar-refractivity contribution >= 4 is 22.8 Å². The molecule has 8 heteroatoms. The van der Waals surface area contributed by atoms with Gasteiger partial charge in [-0.3, -0.25) is 4.79 Å². The van der Waals surface area contributed by atoms with Crippen LogP contribution in [0.2, 0.25) is 0 Å². The van der Waals surface area contributed by atoms with E-state index in [2.05, 4.69) is 10.3 Å². The van der Waals surface area contributed by atoms with Crippen molar-refractivity contribution in [3.8, 4) is 17.0 Å². The van der Waals surface area contributed by atoms with Gasteiger partial charge in [0.05, 0.1) is 12.8 Å². The number of halogens is 1. The van der Waals surface area contributed by atoms with Gasteiger partial charge in [-0.15, -0.1) is 0 Å². The van der Waals surface area contributed by atoms with Crippen LogP contribution < -0.4 is 15.0 Å². The Morgan fingerprint density at radius 1 is 1.22 bits per heavy atom. The lowest BCUT2D eigenvalue weighted by atomic mass is 10.1. The third-order valence-electron chi connectivity index (χ3n) is 5.23. The standard InChI is InChI=1S/C24H24FN5O2/c1-29(2)24-27-13-16(12-26-23(31)15-6-5-7-17(25)10-15)22(28-24)20-14-30(3)21-9-8-18(32-4)11-19(20)21/h5-11,13-14H,12H2,1-4H3,(H,26,31). The first-order valence-corrected chi connectivity index (χ1v) is 10.1. The second-order valence-corrected chi connectivity index (χ2v) is 7.67. The molecule has 0 aliphatic carbocycles. The number of hydrogen-bond donors (Lipinski definition) is 1. The van der Waals surface area contributed by atoms with Crippen molar-refractivity contribution in [3.05, 3.63) is 71.8 Å². The van der Waals surface area contributed by atoms with Crippen LogP contribution in [0.3, 0.4) is 0 Å². The van der Waals surface area contributed by atoms with E-state index in [4.69, 9.17) is 9.72 Å². The van der Waals surface area contributed by atoms with Gasteiger partial charge in [-0.25, -0.2) is 14.4 Å². The van der Waals surface area contributed by atoms with E-state index in [1.165, 1.54) is 18.2 Å². The fraction of sp³-hybridized carbons (Fsp3) is 0.208. The van der Waals surface area contributed by atoms with Crippen LogP contribution in [0.1, 0.15) is 15.9 Å². The fourth-order valence-electron chi connectivity index (χ4n) is 3.57. The number of anilines is 1. The smallest absolute Gasteiger partial charge is 0.251 e. The summed E-state index contributed by atoms with van der Waals surface area (Å²) in [6, 6.07) is 11.5. The van der Waals surface area contributed by atoms with Crippen LogP contribution in [0, 0.1) is 5.82 Å². The first-order chi connectivity index (χ1) is 15.4. The van der Waals surface area contributed by atoms with Gasteiger partial charge in [-0.2, -0.15) is 0 Å². The van der Waals surface area contributed by atoms with Gasteiger partial charge in [0.15, 0.2) is 0 Å². The van der Waals surface area contributed by atoms with Crippen molar-refractivity contribution in [3.63, 3.8) is 0 Å². The molecule has 0 aliphatic heterocycles. The van der Waals surface area contributed by atoms with Gasteiger partial charge >= 0.3 is 0 Å². The van der Waals surface area contributed by atoms with Crippen molar-refractivity contribution in [1.29, 1.82) is 0 Å². The molecule has 164 valence electrons. The van der Waals surface area contributed by atoms with Crippen LogP contribution in [0.4, 0.5) is 10.3 Å². The minimum absolute atomic E-state index is 0.193. The number of aryl methyl sites for hydroxylation is 1. The van der Waals surface area contributed by atoms with Gasteiger partial charge in [0.25, 0.3) is 5.91 Å². The number of benzene rings is 2. The molecule has 0 unspecified atom stereocenters. The highest BCUT2D eigenvalue weighted by molar-refractivity contribution is 5.97. The Morgan fingerprint density at radius 3 is 2.75 bits per heavy atom. The van der Waals surface area contributed by atoms with Crippen LogP contribution in [-0.2, 0) is 13.6 Å². The molecule has 0 saturated heterocycles. The molecule has 7 nitrogen and oxygen atoms in total. The molecule has 32 heavy (non-hydrogen) atoms. The highest BCUT2D eigenvalue weighted by atomic mass is 19.1. The number of carbonyl (C=O) groups excluding carboxylic acids is 1. The summed E-state index contributed by atoms with van der Waals surface area (Å²) in [6.45, 7) is 0.193. The second kappa shape index (κ2) is 8.66. The zero-order chi connectivity index (χ0) is 22.8. The molecule has 2 aromatic heterocycles. The van der Waals surface area contributed by atoms with Gasteiger partial charge in [-0.1, -0.05) is 6.07 Å². The normalized spacial score (nSPS) is 10.9. The van der Waals surface area contributed by atoms with Gasteiger partial charge < -0.3 is 19.5 Å². The van der Waals surface area contributed by atoms with Gasteiger partial charge in [0.2, 0.25) is 5.95 Å². The maximum atomic E-state index is 13.5. The monoisotopic (exact) mass is 433 g/mol. The van der Waals surface area contributed by atoms with E-state index in [0.717, 1.165) is 27.8 Å². The summed E-state index contributed by atoms with van der Waals surface area (Å²) >= 11 is 0. The highest BCUT2D eigenvalue weighted by Crippen LogP contribution is 2.34. The summed E-state index contributed by atoms with van der Waals surface area (Å²) in [7, 11) is 7.34. The molecule has 4 rings (SSSR count). The zero-order valence-corrected chi connectivity index (χ0v) is 18.4. The van der Waals surface area contributed by atoms with Gasteiger partial charge in [-0.05, 0) is 36.4 Å². The topological polar surface area (TPSA) is 72.3 Å². The van der Waals surface area contributed by atoms with Crippen LogP contribution in [-0.4, -0.2) is 41.6 Å². The van der Waals surface area contributed by atoms with E-state index in [1.54, 1.807) is 19.4 Å². The Hall–Kier alpha value is -3.94. The molecule has 2 heterocycles. The average Bonchev–Trinajstić information content (AvgIpc) is 3.12. The van der Waals surface area contributed by atoms with Crippen LogP contribution in [0.5, 0.6) is 5.75 Å². The van der Waals surface area contributed by atoms with E-state index in [9.17, 15) is 9.18 Å². The van der Waals surface area contributed by atoms with Gasteiger partial charge in [0, 0.05) is 67.7 Å². The number of ether oxygens (including phenoxy) is 1. The molecule has 0 fully saturated rings. The lowest BCUT2D eigenvalue weighted by molar-refractivity contribution is 0.0950. The molecule has 0 bridgehead atoms. The molecule has 4 aromatic rings. The lowest BCUT2D eigenvalue weighted by Gasteiger charge is -2.15. The minimum atomic E-state index is -0.457. The van der Waals surface area contributed by atoms with E-state index < -0.39 is 5.82 Å². The number of aromatic nitrogens is 3. The third kappa shape index (κ3) is 4.12. The Labute approximate surface area is 185 Å². The fourth-order valence-corrected chi connectivity index (χ4v) is 3.57. The molecular weight excluding hydrogens is 409 g/mol. The predicted octanol–water partition coefficient (Wildman–Crippen LogP) is 3.78. The minimum Gasteiger partial charge on any atom is -0.497 e. The molecule has 1 N–H and O–H groups in total. The van der Waals surface area contributed by atoms with Crippen molar-refractivity contribution in [1.82, 2.24) is 19.9 Å². The second-order valence-electron chi connectivity index (χ2n) is 7.67. The van der Waals surface area contributed by atoms with Crippen molar-refractivity contribution in [2.24, 2.45) is 7.05 Å². The summed E-state index contributed by atoms with van der Waals surface area (Å²) in [6.07, 6.45) is 3.71. The molecule has 0 aliphatic rings. The lowest BCUT2D eigenvalue weighted by Crippen LogP contribution is -2.24. The van der Waals surface area contributed by atoms with Gasteiger partial charge in [0.1, 0.15) is 11.6 Å². The van der Waals surface area contributed by atoms with E-state index in [-0.39, 0.29) is 18.0 Å². The maximum Gasteiger partial charge on any atom is 0.251 e. The van der Waals surface area contributed by atoms with E-state index in [1.807, 2.05) is 55.0 Å². The van der Waals surface area contributed by atoms with Crippen LogP contribution in [0.25, 0.3) is 22.2 Å². The first-order valence-electron chi connectivity index (χ1n) is 10.1. The third-order valence-corrected chi connectivity index (χ3v) is 5.23. The summed E-state index contributed by atoms with van der Waals surface area (Å²) in [5.41, 5.74) is 3.65. The summed E-state index contributed by atoms with van der Waals surface area (Å²) in [5.74, 6) is 0.473. The number of rotatable bonds is 6. The Kier molecular flexibility index (Phi) is 5.77. The molecule has 1 amide bonds. The SMILES string of the molecule is COc1ccc2c(c1)c(-c1nc(N(C)C)ncc1CNC(=O)c1cccc(F)c1)cn2C. The molecule has 0 radical (unpaired) electrons. The number of amides is 1. The summed E-state index contributed by atoms with van der Waals surface area (Å²) < 4.78 is 20.9. The number of nitrogens with zero attached hydrogens (tertiary/aromatic N) is 4. The average molecular weight is 433 g/mol. The molecule has 0 spiro atoms. The Morgan fingerprint density at radius 2 is 2.03 bits per heavy atom. The number of fused-ring (bicyclic) bond motifs is 1. The van der Waals surface area contributed by atoms with Crippen molar-refractivity contribution in [2.45, 2.75) is 6.54 Å². The molecule has 0 atom stereocenters. The number of nitrogens with one attached hydrogen (secondary N) is 1. The molecule has 0 saturated carbocycles. The number of hydrogen-bond acceptors (Lipinski definition) is 5. The van der Waals surface area contributed by atoms with Crippen molar-refractivity contribution < 1.29 is 13.9 Å². The Bertz CT molecular complexity index is 1300. The molecule has 2 aromatic carbocycles. The van der Waals surface area contributed by atoms with Crippen LogP contribution in [0.15, 0.2) is 54.9 Å². The Balaban J connectivity index is 1.75. The van der Waals surface area contributed by atoms with Crippen LogP contribution >= 0.6 is 0 Å². The van der Waals surface area contributed by atoms with E-state index in [0.29, 0.717) is 11.6 Å². The quantitative estimate of drug-likeness (QED) is 0.501. The van der Waals surface area contributed by atoms with E-state index >= 15 is 0 Å². The maximum absolute atomic E-state index is 13.5. The largest absolute Gasteiger partial charge is 0.497 e. The predicted molar refractivity (Wildman–Crippen MR) is 122 cm³/mol. The first kappa shape index (κ1) is 21.3. The highest BCUT2D eigenvalue weighted by Gasteiger charge is 2.18. The van der Waals surface area contributed by atoms with Crippen molar-refractivity contribution in [2.75, 3.05) is 26.1 Å². The summed E-state index contributed by atoms with van der Waals surface area (Å²) in [5, 5.41) is 3.83. The zero-order valence-electron chi connectivity index (χ0n) is 18.4.